The smallest absolute Gasteiger partial charge is 0.240 e. The number of hydrogen-bond acceptors (Lipinski definition) is 5. The average Bonchev–Trinajstić information content (AvgIpc) is 2.52. The molecule has 0 saturated heterocycles. The number of carbonyl (C=O) groups excluding carboxylic acids is 1. The molecule has 1 amide bonds. The number of likely N-dealkylation sites (N-methyl/N-ethyl adjacent to an activating group) is 1. The quantitative estimate of drug-likeness (QED) is 0.662. The number of rotatable bonds is 9. The Labute approximate surface area is 137 Å². The van der Waals surface area contributed by atoms with Crippen molar-refractivity contribution < 1.29 is 17.9 Å². The van der Waals surface area contributed by atoms with Gasteiger partial charge < -0.3 is 15.4 Å². The highest BCUT2D eigenvalue weighted by Crippen LogP contribution is 2.09. The SMILES string of the molecule is COC(CN)CC(=O)N(C)CCNS(=O)(=O)c1ccc(C)cc1. The highest BCUT2D eigenvalue weighted by atomic mass is 32.2. The molecule has 0 aliphatic heterocycles. The molecule has 7 nitrogen and oxygen atoms in total. The lowest BCUT2D eigenvalue weighted by atomic mass is 10.2. The molecule has 3 N–H and O–H groups in total. The van der Waals surface area contributed by atoms with Crippen LogP contribution in [0.2, 0.25) is 0 Å². The Balaban J connectivity index is 2.49. The minimum Gasteiger partial charge on any atom is -0.380 e. The monoisotopic (exact) mass is 343 g/mol. The van der Waals surface area contributed by atoms with Crippen molar-refractivity contribution in [1.82, 2.24) is 9.62 Å². The number of nitrogens with zero attached hydrogens (tertiary/aromatic N) is 1. The molecule has 0 aromatic heterocycles. The average molecular weight is 343 g/mol. The van der Waals surface area contributed by atoms with Crippen LogP contribution in [-0.4, -0.2) is 59.1 Å². The number of carbonyl (C=O) groups is 1. The zero-order valence-corrected chi connectivity index (χ0v) is 14.6. The Bertz CT molecular complexity index is 598. The molecule has 1 atom stereocenters. The second-order valence-electron chi connectivity index (χ2n) is 5.32. The minimum absolute atomic E-state index is 0.138. The number of methoxy groups -OCH3 is 1. The molecule has 0 fully saturated rings. The Morgan fingerprint density at radius 1 is 1.35 bits per heavy atom. The van der Waals surface area contributed by atoms with Crippen LogP contribution in [0.4, 0.5) is 0 Å². The second kappa shape index (κ2) is 8.97. The molecule has 0 saturated carbocycles. The fourth-order valence-corrected chi connectivity index (χ4v) is 2.91. The summed E-state index contributed by atoms with van der Waals surface area (Å²) in [6, 6.07) is 6.58. The van der Waals surface area contributed by atoms with Crippen LogP contribution >= 0.6 is 0 Å². The van der Waals surface area contributed by atoms with Gasteiger partial charge in [0.15, 0.2) is 0 Å². The molecule has 0 radical (unpaired) electrons. The van der Waals surface area contributed by atoms with Crippen molar-refractivity contribution >= 4 is 15.9 Å². The van der Waals surface area contributed by atoms with E-state index in [2.05, 4.69) is 4.72 Å². The van der Waals surface area contributed by atoms with Gasteiger partial charge in [0.2, 0.25) is 15.9 Å². The summed E-state index contributed by atoms with van der Waals surface area (Å²) in [5, 5.41) is 0. The van der Waals surface area contributed by atoms with Gasteiger partial charge in [0.1, 0.15) is 0 Å². The first-order valence-corrected chi connectivity index (χ1v) is 8.81. The molecule has 1 aromatic rings. The van der Waals surface area contributed by atoms with E-state index in [4.69, 9.17) is 10.5 Å². The van der Waals surface area contributed by atoms with Crippen LogP contribution in [-0.2, 0) is 19.6 Å². The van der Waals surface area contributed by atoms with Gasteiger partial charge in [0.25, 0.3) is 0 Å². The summed E-state index contributed by atoms with van der Waals surface area (Å²) in [5.41, 5.74) is 6.46. The summed E-state index contributed by atoms with van der Waals surface area (Å²) in [5.74, 6) is -0.142. The number of amides is 1. The number of nitrogens with one attached hydrogen (secondary N) is 1. The lowest BCUT2D eigenvalue weighted by Crippen LogP contribution is -2.38. The largest absolute Gasteiger partial charge is 0.380 e. The Morgan fingerprint density at radius 3 is 2.48 bits per heavy atom. The number of nitrogens with two attached hydrogens (primary N) is 1. The van der Waals surface area contributed by atoms with Crippen LogP contribution in [0.5, 0.6) is 0 Å². The van der Waals surface area contributed by atoms with E-state index in [9.17, 15) is 13.2 Å². The predicted octanol–water partition coefficient (Wildman–Crippen LogP) is 0.0955. The lowest BCUT2D eigenvalue weighted by Gasteiger charge is -2.20. The molecule has 0 bridgehead atoms. The van der Waals surface area contributed by atoms with Crippen LogP contribution < -0.4 is 10.5 Å². The minimum atomic E-state index is -3.56. The zero-order valence-electron chi connectivity index (χ0n) is 13.8. The maximum Gasteiger partial charge on any atom is 0.240 e. The van der Waals surface area contributed by atoms with Crippen molar-refractivity contribution in [3.63, 3.8) is 0 Å². The van der Waals surface area contributed by atoms with Crippen LogP contribution in [0, 0.1) is 6.92 Å². The fraction of sp³-hybridized carbons (Fsp3) is 0.533. The molecule has 1 aromatic carbocycles. The van der Waals surface area contributed by atoms with E-state index >= 15 is 0 Å². The van der Waals surface area contributed by atoms with Gasteiger partial charge in [0.05, 0.1) is 17.4 Å². The molecule has 0 spiro atoms. The van der Waals surface area contributed by atoms with Gasteiger partial charge in [-0.2, -0.15) is 0 Å². The molecule has 0 aliphatic rings. The molecule has 130 valence electrons. The van der Waals surface area contributed by atoms with Crippen LogP contribution in [0.25, 0.3) is 0 Å². The first kappa shape index (κ1) is 19.6. The first-order chi connectivity index (χ1) is 10.8. The second-order valence-corrected chi connectivity index (χ2v) is 7.09. The number of aryl methyl sites for hydroxylation is 1. The molecule has 0 heterocycles. The number of sulfonamides is 1. The molecule has 1 rings (SSSR count). The van der Waals surface area contributed by atoms with E-state index in [1.54, 1.807) is 31.3 Å². The molecule has 23 heavy (non-hydrogen) atoms. The maximum absolute atomic E-state index is 12.1. The molecule has 8 heteroatoms. The van der Waals surface area contributed by atoms with Gasteiger partial charge in [-0.1, -0.05) is 17.7 Å². The molecule has 1 unspecified atom stereocenters. The van der Waals surface area contributed by atoms with Crippen molar-refractivity contribution in [2.75, 3.05) is 33.8 Å². The number of hydrogen-bond donors (Lipinski definition) is 2. The van der Waals surface area contributed by atoms with Gasteiger partial charge in [-0.25, -0.2) is 13.1 Å². The third-order valence-electron chi connectivity index (χ3n) is 3.49. The van der Waals surface area contributed by atoms with E-state index in [0.717, 1.165) is 5.56 Å². The van der Waals surface area contributed by atoms with Gasteiger partial charge in [0, 0.05) is 33.8 Å². The summed E-state index contributed by atoms with van der Waals surface area (Å²) in [6.07, 6.45) is -0.150. The highest BCUT2D eigenvalue weighted by Gasteiger charge is 2.17. The standard InChI is InChI=1S/C15H25N3O4S/c1-12-4-6-14(7-5-12)23(20,21)17-8-9-18(2)15(19)10-13(11-16)22-3/h4-7,13,17H,8-11,16H2,1-3H3. The summed E-state index contributed by atoms with van der Waals surface area (Å²) in [4.78, 5) is 13.6. The van der Waals surface area contributed by atoms with E-state index in [1.807, 2.05) is 6.92 Å². The van der Waals surface area contributed by atoms with Gasteiger partial charge >= 0.3 is 0 Å². The Morgan fingerprint density at radius 2 is 1.96 bits per heavy atom. The topological polar surface area (TPSA) is 102 Å². The van der Waals surface area contributed by atoms with Crippen LogP contribution in [0.3, 0.4) is 0 Å². The number of benzene rings is 1. The summed E-state index contributed by atoms with van der Waals surface area (Å²) < 4.78 is 31.8. The van der Waals surface area contributed by atoms with Crippen molar-refractivity contribution in [1.29, 1.82) is 0 Å². The Kier molecular flexibility index (Phi) is 7.63. The zero-order chi connectivity index (χ0) is 17.5. The van der Waals surface area contributed by atoms with Gasteiger partial charge in [-0.3, -0.25) is 4.79 Å². The summed E-state index contributed by atoms with van der Waals surface area (Å²) >= 11 is 0. The van der Waals surface area contributed by atoms with Gasteiger partial charge in [-0.05, 0) is 19.1 Å². The lowest BCUT2D eigenvalue weighted by molar-refractivity contribution is -0.132. The van der Waals surface area contributed by atoms with Crippen LogP contribution in [0.15, 0.2) is 29.2 Å². The van der Waals surface area contributed by atoms with E-state index in [1.165, 1.54) is 12.0 Å². The van der Waals surface area contributed by atoms with E-state index < -0.39 is 10.0 Å². The summed E-state index contributed by atoms with van der Waals surface area (Å²) in [7, 11) is -0.446. The first-order valence-electron chi connectivity index (χ1n) is 7.33. The third-order valence-corrected chi connectivity index (χ3v) is 4.97. The van der Waals surface area contributed by atoms with Crippen molar-refractivity contribution in [2.24, 2.45) is 5.73 Å². The molecule has 0 aliphatic carbocycles. The van der Waals surface area contributed by atoms with Crippen LogP contribution in [0.1, 0.15) is 12.0 Å². The van der Waals surface area contributed by atoms with E-state index in [0.29, 0.717) is 0 Å². The highest BCUT2D eigenvalue weighted by molar-refractivity contribution is 7.89. The van der Waals surface area contributed by atoms with Gasteiger partial charge in [-0.15, -0.1) is 0 Å². The fourth-order valence-electron chi connectivity index (χ4n) is 1.89. The van der Waals surface area contributed by atoms with E-state index in [-0.39, 0.29) is 43.0 Å². The Hall–Kier alpha value is -1.48. The van der Waals surface area contributed by atoms with Crippen molar-refractivity contribution in [3.8, 4) is 0 Å². The molecular weight excluding hydrogens is 318 g/mol. The third kappa shape index (κ3) is 6.26. The van der Waals surface area contributed by atoms with Crippen molar-refractivity contribution in [2.45, 2.75) is 24.3 Å². The number of ether oxygens (including phenoxy) is 1. The normalized spacial score (nSPS) is 12.9. The predicted molar refractivity (Wildman–Crippen MR) is 88.5 cm³/mol. The summed E-state index contributed by atoms with van der Waals surface area (Å²) in [6.45, 7) is 2.55. The maximum atomic E-state index is 12.1. The van der Waals surface area contributed by atoms with Crippen molar-refractivity contribution in [3.05, 3.63) is 29.8 Å². The molecular formula is C15H25N3O4S.